The molecule has 1 rings (SSSR count). The average Bonchev–Trinajstić information content (AvgIpc) is 2.01. The van der Waals surface area contributed by atoms with Gasteiger partial charge in [-0.2, -0.15) is 0 Å². The first-order valence-corrected chi connectivity index (χ1v) is 4.23. The molecule has 0 aromatic heterocycles. The third-order valence-corrected chi connectivity index (χ3v) is 1.36. The summed E-state index contributed by atoms with van der Waals surface area (Å²) in [6, 6.07) is 3.16. The first kappa shape index (κ1) is 10.6. The van der Waals surface area contributed by atoms with Gasteiger partial charge >= 0.3 is 0 Å². The fraction of sp³-hybridized carbons (Fsp3) is 0.300. The zero-order chi connectivity index (χ0) is 10.6. The lowest BCUT2D eigenvalue weighted by Gasteiger charge is -2.00. The summed E-state index contributed by atoms with van der Waals surface area (Å²) in [6.07, 6.45) is 1.22. The van der Waals surface area contributed by atoms with Crippen molar-refractivity contribution in [2.24, 2.45) is 5.16 Å². The van der Waals surface area contributed by atoms with E-state index in [-0.39, 0.29) is 6.10 Å². The minimum Gasteiger partial charge on any atom is -0.393 e. The second kappa shape index (κ2) is 4.69. The molecule has 0 N–H and O–H groups in total. The standard InChI is InChI=1S/C10H11F2NO/c1-7(2)14-13-6-8-3-9(11)5-10(12)4-8/h3-7H,1-2H3/b13-6+. The van der Waals surface area contributed by atoms with Crippen molar-refractivity contribution in [1.82, 2.24) is 0 Å². The summed E-state index contributed by atoms with van der Waals surface area (Å²) in [7, 11) is 0. The summed E-state index contributed by atoms with van der Waals surface area (Å²) < 4.78 is 25.3. The minimum atomic E-state index is -0.629. The first-order chi connectivity index (χ1) is 6.58. The van der Waals surface area contributed by atoms with Crippen molar-refractivity contribution < 1.29 is 13.6 Å². The Balaban J connectivity index is 2.71. The number of benzene rings is 1. The largest absolute Gasteiger partial charge is 0.393 e. The summed E-state index contributed by atoms with van der Waals surface area (Å²) in [4.78, 5) is 4.85. The lowest BCUT2D eigenvalue weighted by molar-refractivity contribution is 0.0873. The van der Waals surface area contributed by atoms with E-state index in [1.54, 1.807) is 0 Å². The van der Waals surface area contributed by atoms with Crippen molar-refractivity contribution in [2.45, 2.75) is 20.0 Å². The van der Waals surface area contributed by atoms with Crippen molar-refractivity contribution in [3.05, 3.63) is 35.4 Å². The average molecular weight is 199 g/mol. The predicted molar refractivity (Wildman–Crippen MR) is 50.2 cm³/mol. The molecule has 0 heterocycles. The van der Waals surface area contributed by atoms with Gasteiger partial charge in [-0.1, -0.05) is 5.16 Å². The number of oxime groups is 1. The van der Waals surface area contributed by atoms with E-state index >= 15 is 0 Å². The van der Waals surface area contributed by atoms with E-state index in [9.17, 15) is 8.78 Å². The Kier molecular flexibility index (Phi) is 3.56. The van der Waals surface area contributed by atoms with Crippen LogP contribution in [0, 0.1) is 11.6 Å². The molecule has 2 nitrogen and oxygen atoms in total. The fourth-order valence-electron chi connectivity index (χ4n) is 0.863. The van der Waals surface area contributed by atoms with Crippen molar-refractivity contribution >= 4 is 6.21 Å². The quantitative estimate of drug-likeness (QED) is 0.541. The van der Waals surface area contributed by atoms with Crippen LogP contribution in [0.3, 0.4) is 0 Å². The van der Waals surface area contributed by atoms with Gasteiger partial charge < -0.3 is 4.84 Å². The molecule has 0 radical (unpaired) electrons. The van der Waals surface area contributed by atoms with E-state index in [1.807, 2.05) is 13.8 Å². The Bertz CT molecular complexity index is 317. The van der Waals surface area contributed by atoms with E-state index in [2.05, 4.69) is 5.16 Å². The highest BCUT2D eigenvalue weighted by atomic mass is 19.1. The SMILES string of the molecule is CC(C)O/N=C/c1cc(F)cc(F)c1. The topological polar surface area (TPSA) is 21.6 Å². The number of rotatable bonds is 3. The van der Waals surface area contributed by atoms with E-state index < -0.39 is 11.6 Å². The molecule has 0 spiro atoms. The van der Waals surface area contributed by atoms with Crippen LogP contribution < -0.4 is 0 Å². The minimum absolute atomic E-state index is 0.0512. The number of hydrogen-bond acceptors (Lipinski definition) is 2. The molecule has 0 saturated heterocycles. The van der Waals surface area contributed by atoms with Gasteiger partial charge in [0.25, 0.3) is 0 Å². The highest BCUT2D eigenvalue weighted by molar-refractivity contribution is 5.78. The summed E-state index contributed by atoms with van der Waals surface area (Å²) in [5.41, 5.74) is 0.336. The summed E-state index contributed by atoms with van der Waals surface area (Å²) >= 11 is 0. The maximum atomic E-state index is 12.7. The smallest absolute Gasteiger partial charge is 0.126 e. The van der Waals surface area contributed by atoms with Gasteiger partial charge in [-0.3, -0.25) is 0 Å². The van der Waals surface area contributed by atoms with Gasteiger partial charge in [0.05, 0.1) is 6.21 Å². The van der Waals surface area contributed by atoms with Crippen molar-refractivity contribution in [3.63, 3.8) is 0 Å². The second-order valence-electron chi connectivity index (χ2n) is 3.09. The van der Waals surface area contributed by atoms with Crippen LogP contribution in [0.5, 0.6) is 0 Å². The molecule has 76 valence electrons. The van der Waals surface area contributed by atoms with E-state index in [0.29, 0.717) is 5.56 Å². The van der Waals surface area contributed by atoms with Crippen LogP contribution in [-0.4, -0.2) is 12.3 Å². The Labute approximate surface area is 81.2 Å². The summed E-state index contributed by atoms with van der Waals surface area (Å²) in [6.45, 7) is 3.62. The Morgan fingerprint density at radius 3 is 2.29 bits per heavy atom. The predicted octanol–water partition coefficient (Wildman–Crippen LogP) is 2.72. The zero-order valence-electron chi connectivity index (χ0n) is 8.00. The monoisotopic (exact) mass is 199 g/mol. The molecule has 0 amide bonds. The maximum absolute atomic E-state index is 12.7. The highest BCUT2D eigenvalue weighted by Gasteiger charge is 1.98. The van der Waals surface area contributed by atoms with Crippen LogP contribution in [0.1, 0.15) is 19.4 Å². The van der Waals surface area contributed by atoms with Gasteiger partial charge in [0.1, 0.15) is 17.7 Å². The van der Waals surface area contributed by atoms with E-state index in [1.165, 1.54) is 18.3 Å². The third kappa shape index (κ3) is 3.51. The van der Waals surface area contributed by atoms with Crippen molar-refractivity contribution in [3.8, 4) is 0 Å². The molecule has 14 heavy (non-hydrogen) atoms. The molecule has 0 saturated carbocycles. The normalized spacial score (nSPS) is 11.2. The Hall–Kier alpha value is -1.45. The summed E-state index contributed by atoms with van der Waals surface area (Å²) in [5.74, 6) is -1.26. The third-order valence-electron chi connectivity index (χ3n) is 1.36. The summed E-state index contributed by atoms with van der Waals surface area (Å²) in [5, 5.41) is 3.57. The molecule has 0 aliphatic carbocycles. The second-order valence-corrected chi connectivity index (χ2v) is 3.09. The Morgan fingerprint density at radius 2 is 1.79 bits per heavy atom. The lowest BCUT2D eigenvalue weighted by atomic mass is 10.2. The molecule has 4 heteroatoms. The molecule has 0 aliphatic rings. The van der Waals surface area contributed by atoms with Gasteiger partial charge in [0.2, 0.25) is 0 Å². The highest BCUT2D eigenvalue weighted by Crippen LogP contribution is 2.05. The number of halogens is 2. The van der Waals surface area contributed by atoms with Crippen LogP contribution >= 0.6 is 0 Å². The lowest BCUT2D eigenvalue weighted by Crippen LogP contribution is -1.96. The molecular weight excluding hydrogens is 188 g/mol. The van der Waals surface area contributed by atoms with Crippen molar-refractivity contribution in [2.75, 3.05) is 0 Å². The first-order valence-electron chi connectivity index (χ1n) is 4.23. The van der Waals surface area contributed by atoms with Gasteiger partial charge in [-0.15, -0.1) is 0 Å². The van der Waals surface area contributed by atoms with Crippen LogP contribution in [0.15, 0.2) is 23.4 Å². The van der Waals surface area contributed by atoms with Gasteiger partial charge in [0.15, 0.2) is 0 Å². The van der Waals surface area contributed by atoms with Gasteiger partial charge in [-0.05, 0) is 26.0 Å². The molecule has 1 aromatic rings. The Morgan fingerprint density at radius 1 is 1.21 bits per heavy atom. The number of nitrogens with zero attached hydrogens (tertiary/aromatic N) is 1. The molecule has 0 fully saturated rings. The number of hydrogen-bond donors (Lipinski definition) is 0. The fourth-order valence-corrected chi connectivity index (χ4v) is 0.863. The van der Waals surface area contributed by atoms with Gasteiger partial charge in [-0.25, -0.2) is 8.78 Å². The van der Waals surface area contributed by atoms with E-state index in [0.717, 1.165) is 6.07 Å². The van der Waals surface area contributed by atoms with Crippen molar-refractivity contribution in [1.29, 1.82) is 0 Å². The van der Waals surface area contributed by atoms with Crippen LogP contribution in [0.25, 0.3) is 0 Å². The molecule has 0 bridgehead atoms. The van der Waals surface area contributed by atoms with Crippen LogP contribution in [0.2, 0.25) is 0 Å². The van der Waals surface area contributed by atoms with Crippen LogP contribution in [-0.2, 0) is 4.84 Å². The molecule has 0 aliphatic heterocycles. The van der Waals surface area contributed by atoms with Crippen LogP contribution in [0.4, 0.5) is 8.78 Å². The molecular formula is C10H11F2NO. The molecule has 0 atom stereocenters. The zero-order valence-corrected chi connectivity index (χ0v) is 8.00. The molecule has 0 unspecified atom stereocenters. The van der Waals surface area contributed by atoms with Gasteiger partial charge in [0, 0.05) is 11.6 Å². The molecule has 1 aromatic carbocycles. The maximum Gasteiger partial charge on any atom is 0.126 e. The van der Waals surface area contributed by atoms with E-state index in [4.69, 9.17) is 4.84 Å².